The second kappa shape index (κ2) is 11.3. The molecule has 162 valence electrons. The minimum absolute atomic E-state index is 0.219. The quantitative estimate of drug-likeness (QED) is 0.219. The van der Waals surface area contributed by atoms with Crippen molar-refractivity contribution in [3.8, 4) is 0 Å². The molecule has 31 heavy (non-hydrogen) atoms. The number of anilines is 3. The Balaban J connectivity index is 1.99. The first kappa shape index (κ1) is 24.7. The Hall–Kier alpha value is -0.943. The van der Waals surface area contributed by atoms with Crippen molar-refractivity contribution in [1.29, 1.82) is 0 Å². The molecule has 0 aromatic heterocycles. The van der Waals surface area contributed by atoms with Crippen LogP contribution < -0.4 is 8.48 Å². The number of hydrogen-bond acceptors (Lipinski definition) is 1. The molecule has 3 rings (SSSR count). The van der Waals surface area contributed by atoms with Crippen molar-refractivity contribution in [3.63, 3.8) is 0 Å². The Kier molecular flexibility index (Phi) is 8.98. The third kappa shape index (κ3) is 6.53. The molecule has 0 saturated carbocycles. The number of rotatable bonds is 9. The van der Waals surface area contributed by atoms with E-state index in [1.54, 1.807) is 3.58 Å². The van der Waals surface area contributed by atoms with Crippen molar-refractivity contribution in [1.82, 2.24) is 0 Å². The number of nitrogens with zero attached hydrogens (tertiary/aromatic N) is 1. The molecule has 3 aromatic rings. The van der Waals surface area contributed by atoms with Crippen LogP contribution in [0, 0.1) is 0 Å². The maximum atomic E-state index is 2.48. The van der Waals surface area contributed by atoms with Gasteiger partial charge in [0.15, 0.2) is 0 Å². The normalized spacial score (nSPS) is 12.6. The Morgan fingerprint density at radius 1 is 0.742 bits per heavy atom. The standard InChI is InChI=1S/C23H23N.C2H5.3CH3.2Sn/c1-4-19(3)20-12-16-23(17-13-20)24(21-8-6-5-7-9-21)22-14-10-18(2)11-15-22;1-2;;;;;/h6-17,19H,2,4H2,1,3H3;1H2,2H3;3*1H3;;. The van der Waals surface area contributed by atoms with Crippen LogP contribution in [0.3, 0.4) is 0 Å². The van der Waals surface area contributed by atoms with Crippen LogP contribution in [-0.4, -0.2) is 39.5 Å². The fourth-order valence-corrected chi connectivity index (χ4v) is 9.32. The van der Waals surface area contributed by atoms with E-state index in [4.69, 9.17) is 0 Å². The maximum absolute atomic E-state index is 2.48. The molecule has 0 spiro atoms. The van der Waals surface area contributed by atoms with Crippen LogP contribution in [-0.2, 0) is 4.44 Å². The topological polar surface area (TPSA) is 3.24 Å². The third-order valence-electron chi connectivity index (χ3n) is 6.10. The molecular weight excluding hydrogens is 588 g/mol. The van der Waals surface area contributed by atoms with Crippen LogP contribution in [0.2, 0.25) is 19.3 Å². The monoisotopic (exact) mass is 627 g/mol. The second-order valence-electron chi connectivity index (χ2n) is 9.48. The van der Waals surface area contributed by atoms with Gasteiger partial charge < -0.3 is 0 Å². The van der Waals surface area contributed by atoms with Crippen molar-refractivity contribution in [2.75, 3.05) is 4.90 Å². The Labute approximate surface area is 204 Å². The summed E-state index contributed by atoms with van der Waals surface area (Å²) in [5.41, 5.74) is 6.64. The molecular formula is C28H37NSn2. The molecule has 3 aromatic carbocycles. The van der Waals surface area contributed by atoms with E-state index in [-0.39, 0.29) is 21.1 Å². The van der Waals surface area contributed by atoms with Crippen molar-refractivity contribution >= 4 is 60.2 Å². The van der Waals surface area contributed by atoms with Crippen LogP contribution in [0.15, 0.2) is 72.8 Å². The van der Waals surface area contributed by atoms with E-state index in [0.29, 0.717) is 5.92 Å². The van der Waals surface area contributed by atoms with E-state index in [2.05, 4.69) is 113 Å². The minimum atomic E-state index is -2.06. The molecule has 1 atom stereocenters. The average Bonchev–Trinajstić information content (AvgIpc) is 2.78. The van der Waals surface area contributed by atoms with Crippen molar-refractivity contribution in [2.24, 2.45) is 0 Å². The summed E-state index contributed by atoms with van der Waals surface area (Å²) >= 11 is -2.28. The van der Waals surface area contributed by atoms with Gasteiger partial charge in [-0.25, -0.2) is 0 Å². The molecule has 0 N–H and O–H groups in total. The summed E-state index contributed by atoms with van der Waals surface area (Å²) in [5, 5.41) is 0. The predicted molar refractivity (Wildman–Crippen MR) is 143 cm³/mol. The zero-order valence-electron chi connectivity index (χ0n) is 20.1. The zero-order valence-corrected chi connectivity index (χ0v) is 25.8. The van der Waals surface area contributed by atoms with E-state index in [0.717, 1.165) is 0 Å². The molecule has 0 amide bonds. The summed E-state index contributed by atoms with van der Waals surface area (Å²) < 4.78 is 4.31. The van der Waals surface area contributed by atoms with Crippen molar-refractivity contribution < 1.29 is 0 Å². The van der Waals surface area contributed by atoms with Crippen LogP contribution in [0.1, 0.15) is 44.2 Å². The molecule has 0 aliphatic rings. The number of benzene rings is 3. The number of hydrogen-bond donors (Lipinski definition) is 0. The van der Waals surface area contributed by atoms with Gasteiger partial charge in [0.2, 0.25) is 0 Å². The molecule has 0 heterocycles. The van der Waals surface area contributed by atoms with Gasteiger partial charge >= 0.3 is 206 Å². The molecule has 0 saturated heterocycles. The summed E-state index contributed by atoms with van der Waals surface area (Å²) in [6.07, 6.45) is 1.17. The van der Waals surface area contributed by atoms with E-state index < -0.39 is 18.4 Å². The van der Waals surface area contributed by atoms with Gasteiger partial charge in [0, 0.05) is 0 Å². The first-order valence-corrected chi connectivity index (χ1v) is 25.7. The van der Waals surface area contributed by atoms with E-state index >= 15 is 0 Å². The molecule has 0 fully saturated rings. The first-order valence-electron chi connectivity index (χ1n) is 11.6. The molecule has 1 unspecified atom stereocenters. The Morgan fingerprint density at radius 3 is 1.68 bits per heavy atom. The average molecular weight is 625 g/mol. The third-order valence-corrected chi connectivity index (χ3v) is 15.3. The van der Waals surface area contributed by atoms with E-state index in [1.807, 2.05) is 0 Å². The molecule has 1 nitrogen and oxygen atoms in total. The zero-order chi connectivity index (χ0) is 22.4. The molecule has 0 aliphatic heterocycles. The molecule has 3 heteroatoms. The first-order chi connectivity index (χ1) is 14.8. The van der Waals surface area contributed by atoms with Gasteiger partial charge in [0.25, 0.3) is 0 Å². The SMILES string of the molecule is C[CH2][Sn][CH2]c1ccc(N(c2ccc(C(C)CC)cc2)c2cc[c]([Sn]([CH3])([CH3])[CH3])cc2)cc1. The molecule has 0 aliphatic carbocycles. The van der Waals surface area contributed by atoms with Crippen molar-refractivity contribution in [2.45, 2.75) is 56.8 Å². The van der Waals surface area contributed by atoms with Crippen molar-refractivity contribution in [3.05, 3.63) is 83.9 Å². The Morgan fingerprint density at radius 2 is 1.23 bits per heavy atom. The van der Waals surface area contributed by atoms with E-state index in [9.17, 15) is 0 Å². The van der Waals surface area contributed by atoms with Gasteiger partial charge in [0.05, 0.1) is 0 Å². The van der Waals surface area contributed by atoms with Crippen LogP contribution >= 0.6 is 0 Å². The summed E-state index contributed by atoms with van der Waals surface area (Å²) in [5.74, 6) is 0.601. The van der Waals surface area contributed by atoms with Gasteiger partial charge in [-0.1, -0.05) is 0 Å². The fraction of sp³-hybridized carbons (Fsp3) is 0.357. The predicted octanol–water partition coefficient (Wildman–Crippen LogP) is 7.86. The van der Waals surface area contributed by atoms with Gasteiger partial charge in [-0.05, 0) is 0 Å². The second-order valence-corrected chi connectivity index (χ2v) is 28.4. The van der Waals surface area contributed by atoms with Crippen LogP contribution in [0.4, 0.5) is 17.1 Å². The summed E-state index contributed by atoms with van der Waals surface area (Å²) in [6, 6.07) is 27.9. The van der Waals surface area contributed by atoms with Gasteiger partial charge in [-0.2, -0.15) is 0 Å². The van der Waals surface area contributed by atoms with Gasteiger partial charge in [0.1, 0.15) is 0 Å². The summed E-state index contributed by atoms with van der Waals surface area (Å²) in [6.45, 7) is 6.90. The summed E-state index contributed by atoms with van der Waals surface area (Å²) in [4.78, 5) is 9.85. The van der Waals surface area contributed by atoms with Crippen LogP contribution in [0.5, 0.6) is 0 Å². The van der Waals surface area contributed by atoms with Gasteiger partial charge in [-0.3, -0.25) is 0 Å². The van der Waals surface area contributed by atoms with Crippen LogP contribution in [0.25, 0.3) is 0 Å². The summed E-state index contributed by atoms with van der Waals surface area (Å²) in [7, 11) is 0. The molecule has 0 bridgehead atoms. The molecule has 2 radical (unpaired) electrons. The van der Waals surface area contributed by atoms with E-state index in [1.165, 1.54) is 43.5 Å². The fourth-order valence-electron chi connectivity index (χ4n) is 3.78. The Bertz CT molecular complexity index is 938. The van der Waals surface area contributed by atoms with Gasteiger partial charge in [-0.15, -0.1) is 0 Å².